The molecule has 7 heteroatoms. The molecule has 0 radical (unpaired) electrons. The second kappa shape index (κ2) is 9.31. The third-order valence-electron chi connectivity index (χ3n) is 4.07. The predicted octanol–water partition coefficient (Wildman–Crippen LogP) is 3.72. The van der Waals surface area contributed by atoms with Crippen LogP contribution in [0, 0.1) is 0 Å². The average Bonchev–Trinajstić information content (AvgIpc) is 2.57. The van der Waals surface area contributed by atoms with Crippen molar-refractivity contribution in [2.75, 3.05) is 11.5 Å². The van der Waals surface area contributed by atoms with E-state index >= 15 is 0 Å². The minimum atomic E-state index is -3.89. The Morgan fingerprint density at radius 2 is 1.64 bits per heavy atom. The van der Waals surface area contributed by atoms with Gasteiger partial charge in [-0.2, -0.15) is 0 Å². The lowest BCUT2D eigenvalue weighted by molar-refractivity contribution is 0.592. The van der Waals surface area contributed by atoms with E-state index in [4.69, 9.17) is 5.73 Å². The zero-order valence-corrected chi connectivity index (χ0v) is 16.2. The first kappa shape index (κ1) is 19.9. The maximum absolute atomic E-state index is 12.6. The summed E-state index contributed by atoms with van der Waals surface area (Å²) in [6.07, 6.45) is 6.37. The topological polar surface area (TPSA) is 89.3 Å². The Labute approximate surface area is 152 Å². The largest absolute Gasteiger partial charge is 0.398 e. The second-order valence-corrected chi connectivity index (χ2v) is 9.32. The van der Waals surface area contributed by atoms with Gasteiger partial charge < -0.3 is 5.73 Å². The number of rotatable bonds is 10. The zero-order chi connectivity index (χ0) is 18.3. The molecular weight excluding hydrogens is 356 g/mol. The molecule has 1 atom stereocenters. The standard InChI is InChI=1S/C18H26N2O3S2/c1-2-3-4-5-6-7-14-24(21)20-25(22,23)17-13-9-11-15-10-8-12-16(19)18(15)17/h8-13,20H,2-7,14,19H2,1H3. The molecule has 2 rings (SSSR count). The Hall–Kier alpha value is -1.44. The van der Waals surface area contributed by atoms with E-state index < -0.39 is 21.0 Å². The van der Waals surface area contributed by atoms with Crippen LogP contribution in [0.2, 0.25) is 0 Å². The lowest BCUT2D eigenvalue weighted by Crippen LogP contribution is -2.28. The summed E-state index contributed by atoms with van der Waals surface area (Å²) < 4.78 is 39.7. The summed E-state index contributed by atoms with van der Waals surface area (Å²) in [6.45, 7) is 2.16. The summed E-state index contributed by atoms with van der Waals surface area (Å²) in [7, 11) is -5.52. The highest BCUT2D eigenvalue weighted by atomic mass is 32.3. The van der Waals surface area contributed by atoms with Crippen LogP contribution in [0.4, 0.5) is 5.69 Å². The van der Waals surface area contributed by atoms with E-state index in [-0.39, 0.29) is 4.90 Å². The van der Waals surface area contributed by atoms with Gasteiger partial charge in [-0.05, 0) is 23.9 Å². The Kier molecular flexibility index (Phi) is 7.40. The van der Waals surface area contributed by atoms with Gasteiger partial charge in [0.2, 0.25) is 0 Å². The molecule has 0 aromatic heterocycles. The van der Waals surface area contributed by atoms with Crippen LogP contribution >= 0.6 is 0 Å². The molecule has 5 nitrogen and oxygen atoms in total. The molecule has 0 aliphatic rings. The fraction of sp³-hybridized carbons (Fsp3) is 0.444. The van der Waals surface area contributed by atoms with Crippen LogP contribution in [-0.4, -0.2) is 18.4 Å². The molecule has 138 valence electrons. The lowest BCUT2D eigenvalue weighted by atomic mass is 10.1. The number of anilines is 1. The van der Waals surface area contributed by atoms with E-state index in [1.165, 1.54) is 25.3 Å². The van der Waals surface area contributed by atoms with Gasteiger partial charge in [-0.25, -0.2) is 12.6 Å². The van der Waals surface area contributed by atoms with Gasteiger partial charge in [-0.3, -0.25) is 0 Å². The van der Waals surface area contributed by atoms with Gasteiger partial charge in [-0.15, -0.1) is 4.13 Å². The lowest BCUT2D eigenvalue weighted by Gasteiger charge is -2.11. The number of nitrogens with two attached hydrogens (primary N) is 1. The van der Waals surface area contributed by atoms with Crippen molar-refractivity contribution < 1.29 is 12.6 Å². The van der Waals surface area contributed by atoms with Crippen molar-refractivity contribution in [1.29, 1.82) is 0 Å². The van der Waals surface area contributed by atoms with Gasteiger partial charge in [0.25, 0.3) is 10.0 Å². The third-order valence-corrected chi connectivity index (χ3v) is 7.27. The quantitative estimate of drug-likeness (QED) is 0.484. The molecule has 0 fully saturated rings. The molecule has 0 saturated carbocycles. The Balaban J connectivity index is 2.04. The van der Waals surface area contributed by atoms with E-state index in [9.17, 15) is 12.6 Å². The highest BCUT2D eigenvalue weighted by Crippen LogP contribution is 2.28. The molecular formula is C18H26N2O3S2. The summed E-state index contributed by atoms with van der Waals surface area (Å²) >= 11 is 0. The summed E-state index contributed by atoms with van der Waals surface area (Å²) in [5, 5.41) is 1.21. The molecule has 0 amide bonds. The predicted molar refractivity (Wildman–Crippen MR) is 105 cm³/mol. The van der Waals surface area contributed by atoms with Crippen molar-refractivity contribution in [2.24, 2.45) is 0 Å². The summed E-state index contributed by atoms with van der Waals surface area (Å²) in [4.78, 5) is 0.0689. The number of sulfonamides is 1. The van der Waals surface area contributed by atoms with Crippen molar-refractivity contribution >= 4 is 37.5 Å². The number of fused-ring (bicyclic) bond motifs is 1. The van der Waals surface area contributed by atoms with E-state index in [1.807, 2.05) is 0 Å². The first-order valence-electron chi connectivity index (χ1n) is 8.63. The molecule has 0 aliphatic heterocycles. The van der Waals surface area contributed by atoms with E-state index in [0.717, 1.165) is 24.6 Å². The Morgan fingerprint density at radius 3 is 2.36 bits per heavy atom. The van der Waals surface area contributed by atoms with Crippen molar-refractivity contribution in [2.45, 2.75) is 50.3 Å². The van der Waals surface area contributed by atoms with Gasteiger partial charge in [0.15, 0.2) is 0 Å². The summed E-state index contributed by atoms with van der Waals surface area (Å²) in [6, 6.07) is 10.2. The Morgan fingerprint density at radius 1 is 1.00 bits per heavy atom. The maximum atomic E-state index is 12.6. The van der Waals surface area contributed by atoms with Gasteiger partial charge in [0.1, 0.15) is 11.0 Å². The Bertz CT molecular complexity index is 830. The summed E-state index contributed by atoms with van der Waals surface area (Å²) in [5.41, 5.74) is 6.34. The van der Waals surface area contributed by atoms with E-state index in [2.05, 4.69) is 11.1 Å². The van der Waals surface area contributed by atoms with Crippen molar-refractivity contribution in [1.82, 2.24) is 4.13 Å². The van der Waals surface area contributed by atoms with Crippen LogP contribution < -0.4 is 9.86 Å². The zero-order valence-electron chi connectivity index (χ0n) is 14.5. The summed E-state index contributed by atoms with van der Waals surface area (Å²) in [5.74, 6) is 0.325. The maximum Gasteiger partial charge on any atom is 0.252 e. The highest BCUT2D eigenvalue weighted by Gasteiger charge is 2.20. The van der Waals surface area contributed by atoms with E-state index in [1.54, 1.807) is 30.3 Å². The minimum absolute atomic E-state index is 0.0689. The van der Waals surface area contributed by atoms with E-state index in [0.29, 0.717) is 16.8 Å². The molecule has 1 unspecified atom stereocenters. The van der Waals surface area contributed by atoms with Gasteiger partial charge in [-0.1, -0.05) is 63.3 Å². The van der Waals surface area contributed by atoms with Crippen molar-refractivity contribution in [3.63, 3.8) is 0 Å². The molecule has 3 N–H and O–H groups in total. The normalized spacial score (nSPS) is 13.2. The first-order chi connectivity index (χ1) is 12.0. The average molecular weight is 383 g/mol. The van der Waals surface area contributed by atoms with Crippen LogP contribution in [0.5, 0.6) is 0 Å². The number of unbranched alkanes of at least 4 members (excludes halogenated alkanes) is 5. The van der Waals surface area contributed by atoms with Crippen LogP contribution in [0.25, 0.3) is 10.8 Å². The molecule has 2 aromatic rings. The van der Waals surface area contributed by atoms with Gasteiger partial charge in [0.05, 0.1) is 4.90 Å². The van der Waals surface area contributed by atoms with Crippen molar-refractivity contribution in [3.05, 3.63) is 36.4 Å². The fourth-order valence-corrected chi connectivity index (χ4v) is 5.68. The molecule has 0 spiro atoms. The molecule has 2 aromatic carbocycles. The second-order valence-electron chi connectivity index (χ2n) is 6.11. The van der Waals surface area contributed by atoms with Gasteiger partial charge in [0, 0.05) is 16.8 Å². The number of hydrogen-bond acceptors (Lipinski definition) is 4. The van der Waals surface area contributed by atoms with Crippen LogP contribution in [0.15, 0.2) is 41.3 Å². The highest BCUT2D eigenvalue weighted by molar-refractivity contribution is 8.02. The molecule has 25 heavy (non-hydrogen) atoms. The molecule has 0 heterocycles. The molecule has 0 bridgehead atoms. The smallest absolute Gasteiger partial charge is 0.252 e. The first-order valence-corrected chi connectivity index (χ1v) is 11.4. The number of hydrogen-bond donors (Lipinski definition) is 2. The number of nitrogen functional groups attached to an aromatic ring is 1. The van der Waals surface area contributed by atoms with Crippen LogP contribution in [-0.2, 0) is 21.0 Å². The van der Waals surface area contributed by atoms with Crippen molar-refractivity contribution in [3.8, 4) is 0 Å². The minimum Gasteiger partial charge on any atom is -0.398 e. The molecule has 0 aliphatic carbocycles. The third kappa shape index (κ3) is 5.52. The van der Waals surface area contributed by atoms with Crippen LogP contribution in [0.3, 0.4) is 0 Å². The number of benzene rings is 2. The fourth-order valence-electron chi connectivity index (χ4n) is 2.78. The van der Waals surface area contributed by atoms with Crippen LogP contribution in [0.1, 0.15) is 45.4 Å². The number of nitrogens with one attached hydrogen (secondary N) is 1. The molecule has 0 saturated heterocycles. The van der Waals surface area contributed by atoms with Gasteiger partial charge >= 0.3 is 0 Å². The monoisotopic (exact) mass is 382 g/mol. The SMILES string of the molecule is CCCCCCCCS(=O)NS(=O)(=O)c1cccc2cccc(N)c12.